The number of hydrogen-bond donors (Lipinski definition) is 3. The van der Waals surface area contributed by atoms with Crippen LogP contribution < -0.4 is 25.4 Å². The monoisotopic (exact) mass is 397 g/mol. The minimum absolute atomic E-state index is 0.0656. The van der Waals surface area contributed by atoms with Gasteiger partial charge in [-0.2, -0.15) is 0 Å². The molecule has 9 nitrogen and oxygen atoms in total. The molecule has 10 heteroatoms. The van der Waals surface area contributed by atoms with Gasteiger partial charge in [-0.3, -0.25) is 4.79 Å². The van der Waals surface area contributed by atoms with Gasteiger partial charge in [0.2, 0.25) is 12.7 Å². The van der Waals surface area contributed by atoms with E-state index in [2.05, 4.69) is 16.0 Å². The first kappa shape index (κ1) is 19.3. The van der Waals surface area contributed by atoms with Crippen molar-refractivity contribution in [2.24, 2.45) is 5.92 Å². The number of urea groups is 1. The van der Waals surface area contributed by atoms with Crippen molar-refractivity contribution in [2.75, 3.05) is 23.6 Å². The molecule has 3 N–H and O–H groups in total. The molecule has 2 aliphatic heterocycles. The molecule has 148 valence electrons. The van der Waals surface area contributed by atoms with E-state index in [-0.39, 0.29) is 30.1 Å². The molecule has 2 atom stereocenters. The number of hydrogen-bond acceptors (Lipinski definition) is 6. The van der Waals surface area contributed by atoms with E-state index >= 15 is 0 Å². The van der Waals surface area contributed by atoms with Crippen molar-refractivity contribution in [1.82, 2.24) is 10.6 Å². The van der Waals surface area contributed by atoms with Gasteiger partial charge in [-0.25, -0.2) is 13.2 Å². The Morgan fingerprint density at radius 2 is 1.93 bits per heavy atom. The van der Waals surface area contributed by atoms with E-state index in [0.717, 1.165) is 0 Å². The number of amides is 3. The second kappa shape index (κ2) is 7.63. The van der Waals surface area contributed by atoms with Gasteiger partial charge in [-0.05, 0) is 24.5 Å². The van der Waals surface area contributed by atoms with Crippen molar-refractivity contribution in [2.45, 2.75) is 32.4 Å². The molecule has 3 rings (SSSR count). The van der Waals surface area contributed by atoms with E-state index in [9.17, 15) is 18.0 Å². The molecule has 1 saturated heterocycles. The Morgan fingerprint density at radius 1 is 1.19 bits per heavy atom. The summed E-state index contributed by atoms with van der Waals surface area (Å²) in [6, 6.07) is 3.26. The van der Waals surface area contributed by atoms with Gasteiger partial charge in [0, 0.05) is 17.8 Å². The number of anilines is 1. The summed E-state index contributed by atoms with van der Waals surface area (Å²) in [5.41, 5.74) is 0.527. The van der Waals surface area contributed by atoms with E-state index in [4.69, 9.17) is 9.47 Å². The fraction of sp³-hybridized carbons (Fsp3) is 0.529. The van der Waals surface area contributed by atoms with E-state index in [0.29, 0.717) is 23.6 Å². The summed E-state index contributed by atoms with van der Waals surface area (Å²) in [7, 11) is -3.09. The molecule has 0 bridgehead atoms. The zero-order valence-corrected chi connectivity index (χ0v) is 16.0. The van der Waals surface area contributed by atoms with Gasteiger partial charge in [0.05, 0.1) is 11.5 Å². The van der Waals surface area contributed by atoms with Crippen LogP contribution in [0.25, 0.3) is 0 Å². The van der Waals surface area contributed by atoms with Crippen LogP contribution in [0.4, 0.5) is 10.5 Å². The van der Waals surface area contributed by atoms with Gasteiger partial charge < -0.3 is 25.4 Å². The molecule has 0 radical (unpaired) electrons. The summed E-state index contributed by atoms with van der Waals surface area (Å²) in [6.45, 7) is 3.76. The summed E-state index contributed by atoms with van der Waals surface area (Å²) in [5.74, 6) is 0.598. The predicted octanol–water partition coefficient (Wildman–Crippen LogP) is 0.865. The third kappa shape index (κ3) is 4.82. The molecule has 0 aromatic heterocycles. The molecule has 2 heterocycles. The van der Waals surface area contributed by atoms with Crippen LogP contribution in [0.15, 0.2) is 18.2 Å². The molecule has 0 aliphatic carbocycles. The van der Waals surface area contributed by atoms with Crippen LogP contribution in [-0.4, -0.2) is 50.7 Å². The van der Waals surface area contributed by atoms with Crippen molar-refractivity contribution in [1.29, 1.82) is 0 Å². The van der Waals surface area contributed by atoms with Gasteiger partial charge in [0.25, 0.3) is 0 Å². The first-order chi connectivity index (χ1) is 12.7. The predicted molar refractivity (Wildman–Crippen MR) is 98.5 cm³/mol. The van der Waals surface area contributed by atoms with E-state index in [1.807, 2.05) is 13.8 Å². The standard InChI is InChI=1S/C17H23N3O6S/c1-10(2)15(20-17(22)19-12-5-6-27(23,24)8-12)16(21)18-11-3-4-13-14(7-11)26-9-25-13/h3-4,7,10,12,15H,5-6,8-9H2,1-2H3,(H,18,21)(H2,19,20,22)/t12?,15-/m0/s1. The average molecular weight is 397 g/mol. The minimum atomic E-state index is -3.09. The van der Waals surface area contributed by atoms with Crippen LogP contribution in [-0.2, 0) is 14.6 Å². The van der Waals surface area contributed by atoms with Crippen LogP contribution in [0, 0.1) is 5.92 Å². The van der Waals surface area contributed by atoms with E-state index in [1.165, 1.54) is 0 Å². The molecule has 2 aliphatic rings. The Bertz CT molecular complexity index is 839. The number of nitrogens with one attached hydrogen (secondary N) is 3. The Morgan fingerprint density at radius 3 is 2.59 bits per heavy atom. The highest BCUT2D eigenvalue weighted by atomic mass is 32.2. The third-order valence-electron chi connectivity index (χ3n) is 4.44. The first-order valence-electron chi connectivity index (χ1n) is 8.71. The summed E-state index contributed by atoms with van der Waals surface area (Å²) in [4.78, 5) is 24.8. The molecule has 3 amide bonds. The Kier molecular flexibility index (Phi) is 5.45. The van der Waals surface area contributed by atoms with Crippen molar-refractivity contribution >= 4 is 27.5 Å². The van der Waals surface area contributed by atoms with Gasteiger partial charge in [0.1, 0.15) is 6.04 Å². The SMILES string of the molecule is CC(C)[C@H](NC(=O)NC1CCS(=O)(=O)C1)C(=O)Nc1ccc2c(c1)OCO2. The van der Waals surface area contributed by atoms with Crippen LogP contribution in [0.2, 0.25) is 0 Å². The van der Waals surface area contributed by atoms with Crippen LogP contribution in [0.1, 0.15) is 20.3 Å². The Balaban J connectivity index is 1.59. The molecule has 0 saturated carbocycles. The van der Waals surface area contributed by atoms with Gasteiger partial charge in [-0.1, -0.05) is 13.8 Å². The number of fused-ring (bicyclic) bond motifs is 1. The molecule has 1 fully saturated rings. The molecule has 1 aromatic rings. The summed E-state index contributed by atoms with van der Waals surface area (Å²) in [6.07, 6.45) is 0.380. The minimum Gasteiger partial charge on any atom is -0.454 e. The number of carbonyl (C=O) groups excluding carboxylic acids is 2. The summed E-state index contributed by atoms with van der Waals surface area (Å²) < 4.78 is 33.5. The van der Waals surface area contributed by atoms with Crippen molar-refractivity contribution in [3.63, 3.8) is 0 Å². The quantitative estimate of drug-likeness (QED) is 0.677. The number of carbonyl (C=O) groups is 2. The molecular weight excluding hydrogens is 374 g/mol. The summed E-state index contributed by atoms with van der Waals surface area (Å²) in [5, 5.41) is 8.01. The van der Waals surface area contributed by atoms with Gasteiger partial charge >= 0.3 is 6.03 Å². The number of rotatable bonds is 5. The zero-order chi connectivity index (χ0) is 19.6. The van der Waals surface area contributed by atoms with Crippen LogP contribution in [0.5, 0.6) is 11.5 Å². The average Bonchev–Trinajstić information content (AvgIpc) is 3.17. The van der Waals surface area contributed by atoms with Crippen LogP contribution >= 0.6 is 0 Å². The molecule has 1 aromatic carbocycles. The fourth-order valence-electron chi connectivity index (χ4n) is 3.01. The highest BCUT2D eigenvalue weighted by Gasteiger charge is 2.31. The maximum atomic E-state index is 12.6. The molecular formula is C17H23N3O6S. The lowest BCUT2D eigenvalue weighted by Gasteiger charge is -2.23. The van der Waals surface area contributed by atoms with Crippen molar-refractivity contribution in [3.05, 3.63) is 18.2 Å². The second-order valence-corrected chi connectivity index (χ2v) is 9.23. The van der Waals surface area contributed by atoms with Gasteiger partial charge in [0.15, 0.2) is 21.3 Å². The smallest absolute Gasteiger partial charge is 0.315 e. The Hall–Kier alpha value is -2.49. The second-order valence-electron chi connectivity index (χ2n) is 7.00. The normalized spacial score (nSPS) is 20.9. The maximum Gasteiger partial charge on any atom is 0.315 e. The molecule has 0 spiro atoms. The highest BCUT2D eigenvalue weighted by molar-refractivity contribution is 7.91. The van der Waals surface area contributed by atoms with E-state index < -0.39 is 28.0 Å². The topological polar surface area (TPSA) is 123 Å². The number of benzene rings is 1. The zero-order valence-electron chi connectivity index (χ0n) is 15.2. The third-order valence-corrected chi connectivity index (χ3v) is 6.21. The largest absolute Gasteiger partial charge is 0.454 e. The molecule has 1 unspecified atom stereocenters. The highest BCUT2D eigenvalue weighted by Crippen LogP contribution is 2.34. The lowest BCUT2D eigenvalue weighted by atomic mass is 10.0. The van der Waals surface area contributed by atoms with Crippen molar-refractivity contribution in [3.8, 4) is 11.5 Å². The fourth-order valence-corrected chi connectivity index (χ4v) is 4.68. The molecule has 27 heavy (non-hydrogen) atoms. The summed E-state index contributed by atoms with van der Waals surface area (Å²) >= 11 is 0. The lowest BCUT2D eigenvalue weighted by molar-refractivity contribution is -0.118. The van der Waals surface area contributed by atoms with Crippen molar-refractivity contribution < 1.29 is 27.5 Å². The maximum absolute atomic E-state index is 12.6. The van der Waals surface area contributed by atoms with E-state index in [1.54, 1.807) is 18.2 Å². The lowest BCUT2D eigenvalue weighted by Crippen LogP contribution is -2.52. The van der Waals surface area contributed by atoms with Gasteiger partial charge in [-0.15, -0.1) is 0 Å². The number of sulfone groups is 1. The Labute approximate surface area is 157 Å². The number of ether oxygens (including phenoxy) is 2. The van der Waals surface area contributed by atoms with Crippen LogP contribution in [0.3, 0.4) is 0 Å². The first-order valence-corrected chi connectivity index (χ1v) is 10.5.